The van der Waals surface area contributed by atoms with Crippen LogP contribution in [-0.4, -0.2) is 81.0 Å². The van der Waals surface area contributed by atoms with Crippen molar-refractivity contribution >= 4 is 34.8 Å². The Morgan fingerprint density at radius 2 is 1.17 bits per heavy atom. The van der Waals surface area contributed by atoms with Crippen LogP contribution in [0.4, 0.5) is 9.59 Å². The fraction of sp³-hybridized carbons (Fsp3) is 0.255. The Labute approximate surface area is 380 Å². The zero-order chi connectivity index (χ0) is 45.3. The first-order chi connectivity index (χ1) is 32.3. The average molecular weight is 885 g/mol. The van der Waals surface area contributed by atoms with Gasteiger partial charge in [0.1, 0.15) is 36.1 Å². The van der Waals surface area contributed by atoms with Gasteiger partial charge in [-0.3, -0.25) is 9.59 Å². The number of carbonyl (C=O) groups excluding carboxylic acids is 4. The van der Waals surface area contributed by atoms with Gasteiger partial charge in [-0.15, -0.1) is 0 Å². The molecule has 3 aliphatic rings. The average Bonchev–Trinajstić information content (AvgIpc) is 4.22. The van der Waals surface area contributed by atoms with E-state index in [1.807, 2.05) is 60.7 Å². The van der Waals surface area contributed by atoms with Gasteiger partial charge >= 0.3 is 12.2 Å². The van der Waals surface area contributed by atoms with Crippen molar-refractivity contribution in [3.05, 3.63) is 150 Å². The van der Waals surface area contributed by atoms with Crippen LogP contribution >= 0.6 is 0 Å². The molecule has 5 heterocycles. The van der Waals surface area contributed by atoms with E-state index < -0.39 is 24.3 Å². The third kappa shape index (κ3) is 7.97. The number of aromatic nitrogens is 4. The number of carbonyl (C=O) groups is 4. The number of methoxy groups -OCH3 is 2. The van der Waals surface area contributed by atoms with Crippen LogP contribution in [0.3, 0.4) is 0 Å². The Balaban J connectivity index is 0.852. The Hall–Kier alpha value is -7.94. The molecule has 0 aliphatic carbocycles. The number of rotatable bonds is 10. The van der Waals surface area contributed by atoms with Crippen LogP contribution in [0.5, 0.6) is 5.75 Å². The molecule has 4 N–H and O–H groups in total. The van der Waals surface area contributed by atoms with Gasteiger partial charge in [0.2, 0.25) is 0 Å². The van der Waals surface area contributed by atoms with Crippen molar-refractivity contribution in [3.8, 4) is 39.4 Å². The molecule has 0 radical (unpaired) electrons. The topological polar surface area (TPSA) is 184 Å². The van der Waals surface area contributed by atoms with Crippen molar-refractivity contribution in [2.75, 3.05) is 27.3 Å². The van der Waals surface area contributed by atoms with Crippen LogP contribution in [-0.2, 0) is 25.7 Å². The van der Waals surface area contributed by atoms with Crippen molar-refractivity contribution < 1.29 is 33.4 Å². The Morgan fingerprint density at radius 3 is 1.71 bits per heavy atom. The third-order valence-electron chi connectivity index (χ3n) is 12.9. The molecular weight excluding hydrogens is 837 g/mol. The van der Waals surface area contributed by atoms with Gasteiger partial charge in [-0.25, -0.2) is 19.6 Å². The lowest BCUT2D eigenvalue weighted by Gasteiger charge is -2.28. The van der Waals surface area contributed by atoms with Gasteiger partial charge in [-0.1, -0.05) is 91.0 Å². The van der Waals surface area contributed by atoms with E-state index in [9.17, 15) is 19.2 Å². The monoisotopic (exact) mass is 884 g/mol. The van der Waals surface area contributed by atoms with Gasteiger partial charge in [-0.05, 0) is 77.1 Å². The van der Waals surface area contributed by atoms with Gasteiger partial charge in [0, 0.05) is 29.6 Å². The number of aromatic amines is 2. The SMILES string of the molecule is COC(=O)N[C@@H](C(=O)N1CCCC1c1ncc(-c2ccc3c(c2)COc2c-3ccc3cc(-c4cnc([C@@H]5CCCN5C(=O)[C@H](NC(=O)OC)c5ccccc5)[nH]4)ccc23)[nH]1)c1ccccc1. The van der Waals surface area contributed by atoms with Gasteiger partial charge in [-0.2, -0.15) is 0 Å². The number of ether oxygens (including phenoxy) is 3. The highest BCUT2D eigenvalue weighted by Gasteiger charge is 2.39. The van der Waals surface area contributed by atoms with Crippen LogP contribution in [0, 0.1) is 0 Å². The molecule has 0 bridgehead atoms. The summed E-state index contributed by atoms with van der Waals surface area (Å²) in [6.07, 6.45) is 5.35. The van der Waals surface area contributed by atoms with Gasteiger partial charge < -0.3 is 44.6 Å². The van der Waals surface area contributed by atoms with E-state index in [2.05, 4.69) is 69.1 Å². The molecular formula is C51H48N8O7. The second-order valence-corrected chi connectivity index (χ2v) is 16.7. The minimum atomic E-state index is -0.894. The maximum absolute atomic E-state index is 14.0. The number of nitrogens with zero attached hydrogens (tertiary/aromatic N) is 4. The second-order valence-electron chi connectivity index (χ2n) is 16.7. The summed E-state index contributed by atoms with van der Waals surface area (Å²) in [7, 11) is 2.56. The van der Waals surface area contributed by atoms with Crippen LogP contribution in [0.1, 0.15) is 78.2 Å². The van der Waals surface area contributed by atoms with E-state index in [0.717, 1.165) is 81.4 Å². The zero-order valence-corrected chi connectivity index (χ0v) is 36.5. The summed E-state index contributed by atoms with van der Waals surface area (Å²) in [5.74, 6) is 1.76. The number of fused-ring (bicyclic) bond motifs is 5. The molecule has 0 saturated carbocycles. The first-order valence-corrected chi connectivity index (χ1v) is 22.1. The fourth-order valence-electron chi connectivity index (χ4n) is 9.62. The number of benzene rings is 5. The number of hydrogen-bond acceptors (Lipinski definition) is 9. The summed E-state index contributed by atoms with van der Waals surface area (Å²) in [6, 6.07) is 32.8. The lowest BCUT2D eigenvalue weighted by molar-refractivity contribution is -0.135. The number of imidazole rings is 2. The summed E-state index contributed by atoms with van der Waals surface area (Å²) in [4.78, 5) is 72.7. The van der Waals surface area contributed by atoms with Crippen LogP contribution in [0.25, 0.3) is 44.4 Å². The maximum Gasteiger partial charge on any atom is 0.407 e. The molecule has 2 aromatic heterocycles. The molecule has 334 valence electrons. The highest BCUT2D eigenvalue weighted by atomic mass is 16.5. The Morgan fingerprint density at radius 1 is 0.652 bits per heavy atom. The minimum absolute atomic E-state index is 0.220. The molecule has 5 aromatic carbocycles. The first-order valence-electron chi connectivity index (χ1n) is 22.1. The molecule has 15 heteroatoms. The molecule has 0 spiro atoms. The predicted molar refractivity (Wildman–Crippen MR) is 246 cm³/mol. The molecule has 4 atom stereocenters. The highest BCUT2D eigenvalue weighted by molar-refractivity contribution is 5.98. The summed E-state index contributed by atoms with van der Waals surface area (Å²) >= 11 is 0. The van der Waals surface area contributed by atoms with Gasteiger partial charge in [0.15, 0.2) is 0 Å². The van der Waals surface area contributed by atoms with E-state index in [-0.39, 0.29) is 23.9 Å². The summed E-state index contributed by atoms with van der Waals surface area (Å²) in [5, 5.41) is 7.45. The van der Waals surface area contributed by atoms with Crippen LogP contribution in [0.15, 0.2) is 122 Å². The minimum Gasteiger partial charge on any atom is -0.488 e. The smallest absolute Gasteiger partial charge is 0.407 e. The summed E-state index contributed by atoms with van der Waals surface area (Å²) in [5.41, 5.74) is 8.05. The molecule has 2 fully saturated rings. The Bertz CT molecular complexity index is 2950. The van der Waals surface area contributed by atoms with Crippen molar-refractivity contribution in [2.45, 2.75) is 56.5 Å². The molecule has 7 aromatic rings. The van der Waals surface area contributed by atoms with E-state index in [4.69, 9.17) is 24.2 Å². The molecule has 10 rings (SSSR count). The Kier molecular flexibility index (Phi) is 11.4. The lowest BCUT2D eigenvalue weighted by Crippen LogP contribution is -2.42. The number of hydrogen-bond donors (Lipinski definition) is 4. The summed E-state index contributed by atoms with van der Waals surface area (Å²) < 4.78 is 16.2. The number of amides is 4. The summed E-state index contributed by atoms with van der Waals surface area (Å²) in [6.45, 7) is 1.47. The van der Waals surface area contributed by atoms with Crippen molar-refractivity contribution in [2.24, 2.45) is 0 Å². The van der Waals surface area contributed by atoms with E-state index in [0.29, 0.717) is 42.5 Å². The normalized spacial score (nSPS) is 17.3. The van der Waals surface area contributed by atoms with Crippen LogP contribution in [0.2, 0.25) is 0 Å². The molecule has 2 saturated heterocycles. The largest absolute Gasteiger partial charge is 0.488 e. The third-order valence-corrected chi connectivity index (χ3v) is 12.9. The van der Waals surface area contributed by atoms with Gasteiger partial charge in [0.25, 0.3) is 11.8 Å². The molecule has 1 unspecified atom stereocenters. The highest BCUT2D eigenvalue weighted by Crippen LogP contribution is 2.44. The first kappa shape index (κ1) is 42.0. The lowest BCUT2D eigenvalue weighted by atomic mass is 9.92. The second kappa shape index (κ2) is 17.9. The zero-order valence-electron chi connectivity index (χ0n) is 36.5. The predicted octanol–water partition coefficient (Wildman–Crippen LogP) is 8.70. The number of nitrogens with one attached hydrogen (secondary N) is 4. The quantitative estimate of drug-likeness (QED) is 0.104. The van der Waals surface area contributed by atoms with E-state index in [1.54, 1.807) is 22.2 Å². The molecule has 3 aliphatic heterocycles. The molecule has 66 heavy (non-hydrogen) atoms. The van der Waals surface area contributed by atoms with E-state index >= 15 is 0 Å². The molecule has 4 amide bonds. The van der Waals surface area contributed by atoms with Crippen molar-refractivity contribution in [1.82, 2.24) is 40.4 Å². The number of H-pyrrole nitrogens is 2. The number of alkyl carbamates (subject to hydrolysis) is 2. The van der Waals surface area contributed by atoms with Crippen LogP contribution < -0.4 is 15.4 Å². The van der Waals surface area contributed by atoms with Crippen molar-refractivity contribution in [3.63, 3.8) is 0 Å². The maximum atomic E-state index is 14.0. The van der Waals surface area contributed by atoms with Gasteiger partial charge in [0.05, 0.1) is 50.1 Å². The number of likely N-dealkylation sites (tertiary alicyclic amines) is 2. The van der Waals surface area contributed by atoms with E-state index in [1.165, 1.54) is 14.2 Å². The fourth-order valence-corrected chi connectivity index (χ4v) is 9.62. The molecule has 15 nitrogen and oxygen atoms in total. The standard InChI is InChI=1S/C51H48N8O7/c1-64-50(62)56-43(30-11-5-3-6-12-30)48(60)58-23-9-15-41(58)46-52-27-39(54-46)33-19-21-37-32(25-33)17-22-38-36-20-18-34(26-35(36)29-66-45(37)38)40-28-53-47(55-40)42-16-10-24-59(42)49(61)44(57-51(63)65-2)31-13-7-4-8-14-31/h3-8,11-14,17-22,25-28,41-44H,9-10,15-16,23-24,29H2,1-2H3,(H,52,54)(H,53,55)(H,56,62)(H,57,63)/t41-,42?,43+,44+/m0/s1. The van der Waals surface area contributed by atoms with Crippen molar-refractivity contribution in [1.29, 1.82) is 0 Å².